The number of fused-ring (bicyclic) bond motifs is 1. The molecule has 5 nitrogen and oxygen atoms in total. The molecule has 1 aromatic carbocycles. The van der Waals surface area contributed by atoms with Gasteiger partial charge in [-0.05, 0) is 44.0 Å². The number of benzene rings is 1. The average Bonchev–Trinajstić information content (AvgIpc) is 3.29. The number of hydrogen-bond donors (Lipinski definition) is 2. The molecule has 2 aromatic rings. The second kappa shape index (κ2) is 8.80. The summed E-state index contributed by atoms with van der Waals surface area (Å²) in [6.45, 7) is 4.64. The Morgan fingerprint density at radius 3 is 2.88 bits per heavy atom. The lowest BCUT2D eigenvalue weighted by Crippen LogP contribution is -2.37. The highest BCUT2D eigenvalue weighted by Gasteiger charge is 2.28. The average molecular weight is 398 g/mol. The van der Waals surface area contributed by atoms with E-state index in [-0.39, 0.29) is 36.8 Å². The maximum atomic E-state index is 12.6. The van der Waals surface area contributed by atoms with Crippen molar-refractivity contribution < 1.29 is 9.21 Å². The number of furan rings is 1. The molecule has 2 N–H and O–H groups in total. The Morgan fingerprint density at radius 2 is 2.12 bits per heavy atom. The van der Waals surface area contributed by atoms with Gasteiger partial charge >= 0.3 is 0 Å². The predicted octanol–water partition coefficient (Wildman–Crippen LogP) is 3.17. The summed E-state index contributed by atoms with van der Waals surface area (Å²) in [4.78, 5) is 14.9. The minimum absolute atomic E-state index is 0. The minimum Gasteiger partial charge on any atom is -0.467 e. The van der Waals surface area contributed by atoms with E-state index in [0.717, 1.165) is 31.7 Å². The van der Waals surface area contributed by atoms with E-state index in [2.05, 4.69) is 46.7 Å². The number of amides is 1. The van der Waals surface area contributed by atoms with Crippen LogP contribution in [0.25, 0.3) is 0 Å². The second-order valence-corrected chi connectivity index (χ2v) is 6.73. The molecule has 0 aliphatic carbocycles. The molecule has 1 saturated heterocycles. The largest absolute Gasteiger partial charge is 0.467 e. The maximum absolute atomic E-state index is 12.6. The number of halogens is 2. The first-order valence-corrected chi connectivity index (χ1v) is 8.65. The lowest BCUT2D eigenvalue weighted by atomic mass is 10.1. The fourth-order valence-corrected chi connectivity index (χ4v) is 3.73. The fourth-order valence-electron chi connectivity index (χ4n) is 3.73. The van der Waals surface area contributed by atoms with Gasteiger partial charge in [-0.25, -0.2) is 0 Å². The molecule has 0 spiro atoms. The van der Waals surface area contributed by atoms with Gasteiger partial charge in [0.1, 0.15) is 5.76 Å². The summed E-state index contributed by atoms with van der Waals surface area (Å²) in [6, 6.07) is 10.9. The first kappa shape index (κ1) is 20.6. The van der Waals surface area contributed by atoms with Crippen LogP contribution in [0.3, 0.4) is 0 Å². The number of anilines is 1. The smallest absolute Gasteiger partial charge is 0.255 e. The summed E-state index contributed by atoms with van der Waals surface area (Å²) < 4.78 is 5.66. The number of para-hydroxylation sites is 1. The second-order valence-electron chi connectivity index (χ2n) is 6.73. The molecule has 3 heterocycles. The summed E-state index contributed by atoms with van der Waals surface area (Å²) in [7, 11) is 0. The van der Waals surface area contributed by atoms with Crippen molar-refractivity contribution in [1.82, 2.24) is 10.6 Å². The lowest BCUT2D eigenvalue weighted by molar-refractivity contribution is 0.0938. The van der Waals surface area contributed by atoms with E-state index >= 15 is 0 Å². The van der Waals surface area contributed by atoms with Crippen LogP contribution in [0.2, 0.25) is 0 Å². The molecule has 1 aromatic heterocycles. The SMILES string of the molecule is CC1Cc2ccccc2N1Cc1occc1C(=O)NC1CCNC1.Cl.Cl. The molecule has 4 rings (SSSR count). The summed E-state index contributed by atoms with van der Waals surface area (Å²) in [6.07, 6.45) is 3.63. The third-order valence-electron chi connectivity index (χ3n) is 5.05. The van der Waals surface area contributed by atoms with Gasteiger partial charge in [-0.2, -0.15) is 0 Å². The molecule has 0 saturated carbocycles. The monoisotopic (exact) mass is 397 g/mol. The summed E-state index contributed by atoms with van der Waals surface area (Å²) >= 11 is 0. The molecule has 2 aliphatic rings. The van der Waals surface area contributed by atoms with E-state index in [1.165, 1.54) is 11.3 Å². The van der Waals surface area contributed by atoms with E-state index < -0.39 is 0 Å². The zero-order valence-corrected chi connectivity index (χ0v) is 16.4. The molecule has 0 bridgehead atoms. The highest BCUT2D eigenvalue weighted by Crippen LogP contribution is 2.33. The predicted molar refractivity (Wildman–Crippen MR) is 108 cm³/mol. The number of hydrogen-bond acceptors (Lipinski definition) is 4. The number of carbonyl (C=O) groups excluding carboxylic acids is 1. The van der Waals surface area contributed by atoms with Crippen molar-refractivity contribution in [2.45, 2.75) is 38.4 Å². The van der Waals surface area contributed by atoms with E-state index in [0.29, 0.717) is 18.2 Å². The van der Waals surface area contributed by atoms with Crippen LogP contribution in [0.5, 0.6) is 0 Å². The first-order chi connectivity index (χ1) is 11.7. The third kappa shape index (κ3) is 4.00. The standard InChI is InChI=1S/C19H23N3O2.2ClH/c1-13-10-14-4-2-3-5-17(14)22(13)12-18-16(7-9-24-18)19(23)21-15-6-8-20-11-15;;/h2-5,7,9,13,15,20H,6,8,10-12H2,1H3,(H,21,23);2*1H. The molecule has 142 valence electrons. The third-order valence-corrected chi connectivity index (χ3v) is 5.05. The normalized spacial score (nSPS) is 20.9. The van der Waals surface area contributed by atoms with Crippen LogP contribution < -0.4 is 15.5 Å². The van der Waals surface area contributed by atoms with Gasteiger partial charge in [-0.15, -0.1) is 24.8 Å². The highest BCUT2D eigenvalue weighted by atomic mass is 35.5. The Balaban J connectivity index is 0.00000121. The molecule has 2 atom stereocenters. The van der Waals surface area contributed by atoms with Crippen LogP contribution in [-0.4, -0.2) is 31.1 Å². The van der Waals surface area contributed by atoms with Crippen LogP contribution in [0.15, 0.2) is 41.0 Å². The van der Waals surface area contributed by atoms with Crippen LogP contribution in [0.1, 0.15) is 35.0 Å². The van der Waals surface area contributed by atoms with Crippen molar-refractivity contribution in [3.63, 3.8) is 0 Å². The molecule has 1 fully saturated rings. The van der Waals surface area contributed by atoms with Crippen LogP contribution in [-0.2, 0) is 13.0 Å². The van der Waals surface area contributed by atoms with Gasteiger partial charge in [0.05, 0.1) is 18.4 Å². The molecular weight excluding hydrogens is 373 g/mol. The van der Waals surface area contributed by atoms with Gasteiger partial charge in [-0.1, -0.05) is 18.2 Å². The van der Waals surface area contributed by atoms with E-state index in [1.807, 2.05) is 0 Å². The number of carbonyl (C=O) groups is 1. The van der Waals surface area contributed by atoms with Crippen molar-refractivity contribution in [3.05, 3.63) is 53.5 Å². The van der Waals surface area contributed by atoms with Crippen LogP contribution >= 0.6 is 24.8 Å². The van der Waals surface area contributed by atoms with Crippen molar-refractivity contribution in [2.24, 2.45) is 0 Å². The van der Waals surface area contributed by atoms with Gasteiger partial charge < -0.3 is 20.0 Å². The summed E-state index contributed by atoms with van der Waals surface area (Å²) in [5.41, 5.74) is 3.26. The molecule has 1 amide bonds. The number of rotatable bonds is 4. The Kier molecular flexibility index (Phi) is 6.98. The van der Waals surface area contributed by atoms with Crippen LogP contribution in [0, 0.1) is 0 Å². The van der Waals surface area contributed by atoms with Crippen molar-refractivity contribution in [1.29, 1.82) is 0 Å². The molecule has 0 radical (unpaired) electrons. The minimum atomic E-state index is -0.0346. The van der Waals surface area contributed by atoms with Crippen molar-refractivity contribution in [3.8, 4) is 0 Å². The van der Waals surface area contributed by atoms with Crippen LogP contribution in [0.4, 0.5) is 5.69 Å². The van der Waals surface area contributed by atoms with Gasteiger partial charge in [0, 0.05) is 24.3 Å². The number of nitrogens with one attached hydrogen (secondary N) is 2. The Bertz CT molecular complexity index is 744. The van der Waals surface area contributed by atoms with Gasteiger partial charge in [0.15, 0.2) is 0 Å². The molecule has 2 unspecified atom stereocenters. The van der Waals surface area contributed by atoms with E-state index in [9.17, 15) is 4.79 Å². The van der Waals surface area contributed by atoms with Gasteiger partial charge in [-0.3, -0.25) is 4.79 Å². The fraction of sp³-hybridized carbons (Fsp3) is 0.421. The van der Waals surface area contributed by atoms with Crippen molar-refractivity contribution >= 4 is 36.4 Å². The highest BCUT2D eigenvalue weighted by molar-refractivity contribution is 5.95. The molecule has 7 heteroatoms. The summed E-state index contributed by atoms with van der Waals surface area (Å²) in [5, 5.41) is 6.36. The zero-order valence-electron chi connectivity index (χ0n) is 14.7. The topological polar surface area (TPSA) is 57.5 Å². The Hall–Kier alpha value is -1.69. The lowest BCUT2D eigenvalue weighted by Gasteiger charge is -2.24. The quantitative estimate of drug-likeness (QED) is 0.831. The molecule has 2 aliphatic heterocycles. The van der Waals surface area contributed by atoms with E-state index in [4.69, 9.17) is 4.42 Å². The molecular formula is C19H25Cl2N3O2. The van der Waals surface area contributed by atoms with E-state index in [1.54, 1.807) is 12.3 Å². The Morgan fingerprint density at radius 1 is 1.31 bits per heavy atom. The van der Waals surface area contributed by atoms with Gasteiger partial charge in [0.2, 0.25) is 0 Å². The number of nitrogens with zero attached hydrogens (tertiary/aromatic N) is 1. The Labute approximate surface area is 166 Å². The first-order valence-electron chi connectivity index (χ1n) is 8.65. The summed E-state index contributed by atoms with van der Waals surface area (Å²) in [5.74, 6) is 0.703. The van der Waals surface area contributed by atoms with Crippen molar-refractivity contribution in [2.75, 3.05) is 18.0 Å². The van der Waals surface area contributed by atoms with Gasteiger partial charge in [0.25, 0.3) is 5.91 Å². The zero-order chi connectivity index (χ0) is 16.5. The molecule has 26 heavy (non-hydrogen) atoms. The maximum Gasteiger partial charge on any atom is 0.255 e.